The molecule has 1 aromatic heterocycles. The molecule has 248 valence electrons. The van der Waals surface area contributed by atoms with Gasteiger partial charge in [0.1, 0.15) is 0 Å². The average molecular weight is 668 g/mol. The van der Waals surface area contributed by atoms with Crippen LogP contribution >= 0.6 is 0 Å². The van der Waals surface area contributed by atoms with Crippen molar-refractivity contribution in [1.29, 1.82) is 0 Å². The van der Waals surface area contributed by atoms with Crippen LogP contribution in [-0.2, 0) is 0 Å². The summed E-state index contributed by atoms with van der Waals surface area (Å²) in [4.78, 5) is 4.55. The van der Waals surface area contributed by atoms with Crippen LogP contribution in [-0.4, -0.2) is 11.6 Å². The van der Waals surface area contributed by atoms with Crippen LogP contribution in [0.25, 0.3) is 49.7 Å². The molecule has 9 aromatic rings. The van der Waals surface area contributed by atoms with Crippen LogP contribution in [0.2, 0.25) is 0 Å². The van der Waals surface area contributed by atoms with Gasteiger partial charge in [0.2, 0.25) is 0 Å². The van der Waals surface area contributed by atoms with E-state index in [1.807, 2.05) is 6.07 Å². The molecule has 0 bridgehead atoms. The molecule has 0 aliphatic heterocycles. The molecule has 3 heteroatoms. The fourth-order valence-electron chi connectivity index (χ4n) is 7.31. The molecule has 0 atom stereocenters. The van der Waals surface area contributed by atoms with E-state index in [0.717, 1.165) is 28.4 Å². The molecule has 0 saturated heterocycles. The van der Waals surface area contributed by atoms with Crippen molar-refractivity contribution in [2.24, 2.45) is 0 Å². The van der Waals surface area contributed by atoms with E-state index < -0.39 is 0 Å². The Morgan fingerprint density at radius 1 is 0.327 bits per heavy atom. The van der Waals surface area contributed by atoms with E-state index in [1.165, 1.54) is 49.7 Å². The Morgan fingerprint density at radius 3 is 1.33 bits per heavy atom. The number of nitrogens with zero attached hydrogens (tertiary/aromatic N) is 3. The first kappa shape index (κ1) is 31.2. The van der Waals surface area contributed by atoms with E-state index in [9.17, 15) is 0 Å². The molecule has 0 aliphatic carbocycles. The third kappa shape index (κ3) is 5.78. The lowest BCUT2D eigenvalue weighted by atomic mass is 9.99. The van der Waals surface area contributed by atoms with Gasteiger partial charge in [-0.25, -0.2) is 0 Å². The van der Waals surface area contributed by atoms with Crippen molar-refractivity contribution >= 4 is 50.2 Å². The molecule has 8 aromatic carbocycles. The minimum atomic E-state index is 1.11. The second-order valence-corrected chi connectivity index (χ2v) is 13.1. The zero-order valence-electron chi connectivity index (χ0n) is 29.0. The number of hydrogen-bond acceptors (Lipinski definition) is 2. The Morgan fingerprint density at radius 2 is 0.731 bits per heavy atom. The van der Waals surface area contributed by atoms with Crippen LogP contribution in [0.5, 0.6) is 0 Å². The Labute approximate surface area is 304 Å². The molecule has 1 heterocycles. The van der Waals surface area contributed by atoms with Crippen molar-refractivity contribution in [3.63, 3.8) is 0 Å². The van der Waals surface area contributed by atoms with Crippen molar-refractivity contribution in [3.8, 4) is 27.9 Å². The molecule has 0 spiro atoms. The molecule has 52 heavy (non-hydrogen) atoms. The highest BCUT2D eigenvalue weighted by molar-refractivity contribution is 6.10. The molecular weight excluding hydrogens is 631 g/mol. The highest BCUT2D eigenvalue weighted by Gasteiger charge is 2.17. The third-order valence-corrected chi connectivity index (χ3v) is 10.0. The van der Waals surface area contributed by atoms with Crippen LogP contribution in [0.3, 0.4) is 0 Å². The van der Waals surface area contributed by atoms with E-state index >= 15 is 0 Å². The van der Waals surface area contributed by atoms with Crippen LogP contribution in [0, 0.1) is 0 Å². The molecular formula is C49H37N3. The number of rotatable bonds is 8. The summed E-state index contributed by atoms with van der Waals surface area (Å²) in [6.45, 7) is 0. The lowest BCUT2D eigenvalue weighted by molar-refractivity contribution is 1.18. The van der Waals surface area contributed by atoms with Crippen molar-refractivity contribution in [3.05, 3.63) is 206 Å². The first-order valence-corrected chi connectivity index (χ1v) is 17.7. The van der Waals surface area contributed by atoms with Gasteiger partial charge in [0.05, 0.1) is 11.0 Å². The van der Waals surface area contributed by atoms with Crippen molar-refractivity contribution in [2.45, 2.75) is 0 Å². The molecule has 0 N–H and O–H groups in total. The van der Waals surface area contributed by atoms with Crippen LogP contribution in [0.15, 0.2) is 206 Å². The second-order valence-electron chi connectivity index (χ2n) is 13.1. The average Bonchev–Trinajstić information content (AvgIpc) is 3.56. The van der Waals surface area contributed by atoms with Gasteiger partial charge >= 0.3 is 0 Å². The predicted molar refractivity (Wildman–Crippen MR) is 221 cm³/mol. The summed E-state index contributed by atoms with van der Waals surface area (Å²) in [5.41, 5.74) is 14.0. The number of para-hydroxylation sites is 4. The van der Waals surface area contributed by atoms with E-state index in [1.54, 1.807) is 0 Å². The number of aromatic nitrogens is 1. The fraction of sp³-hybridized carbons (Fsp3) is 0.0204. The minimum absolute atomic E-state index is 1.11. The Hall–Kier alpha value is -6.84. The quantitative estimate of drug-likeness (QED) is 0.160. The molecule has 0 unspecified atom stereocenters. The summed E-state index contributed by atoms with van der Waals surface area (Å²) in [5, 5.41) is 2.49. The summed E-state index contributed by atoms with van der Waals surface area (Å²) < 4.78 is 2.38. The van der Waals surface area contributed by atoms with Gasteiger partial charge in [-0.05, 0) is 101 Å². The maximum atomic E-state index is 2.38. The maximum absolute atomic E-state index is 2.38. The van der Waals surface area contributed by atoms with Gasteiger partial charge < -0.3 is 14.4 Å². The van der Waals surface area contributed by atoms with Gasteiger partial charge in [-0.1, -0.05) is 127 Å². The number of anilines is 5. The van der Waals surface area contributed by atoms with E-state index in [0.29, 0.717) is 0 Å². The lowest BCUT2D eigenvalue weighted by Crippen LogP contribution is -2.10. The smallest absolute Gasteiger partial charge is 0.0561 e. The standard InChI is InChI=1S/C49H37N3/c1-50(40-13-5-2-6-14-40)41-29-25-38(26-30-41)36-21-23-37(24-22-36)39-27-31-44(32-28-39)51(42-15-7-3-8-16-42)45-33-34-47-46-19-11-12-20-48(46)52(49(47)35-45)43-17-9-4-10-18-43/h2-35H,1H3. The summed E-state index contributed by atoms with van der Waals surface area (Å²) in [5.74, 6) is 0. The van der Waals surface area contributed by atoms with Gasteiger partial charge in [0.15, 0.2) is 0 Å². The van der Waals surface area contributed by atoms with Gasteiger partial charge in [-0.15, -0.1) is 0 Å². The maximum Gasteiger partial charge on any atom is 0.0561 e. The third-order valence-electron chi connectivity index (χ3n) is 10.0. The van der Waals surface area contributed by atoms with Gasteiger partial charge in [-0.2, -0.15) is 0 Å². The highest BCUT2D eigenvalue weighted by Crippen LogP contribution is 2.40. The molecule has 0 saturated carbocycles. The summed E-state index contributed by atoms with van der Waals surface area (Å²) in [7, 11) is 2.10. The summed E-state index contributed by atoms with van der Waals surface area (Å²) >= 11 is 0. The largest absolute Gasteiger partial charge is 0.345 e. The number of hydrogen-bond donors (Lipinski definition) is 0. The Kier molecular flexibility index (Phi) is 8.07. The first-order valence-electron chi connectivity index (χ1n) is 17.7. The van der Waals surface area contributed by atoms with E-state index in [4.69, 9.17) is 0 Å². The molecule has 0 aliphatic rings. The normalized spacial score (nSPS) is 11.2. The van der Waals surface area contributed by atoms with Crippen LogP contribution < -0.4 is 9.80 Å². The van der Waals surface area contributed by atoms with Crippen molar-refractivity contribution in [2.75, 3.05) is 16.8 Å². The molecule has 3 nitrogen and oxygen atoms in total. The first-order chi connectivity index (χ1) is 25.7. The van der Waals surface area contributed by atoms with E-state index in [2.05, 4.69) is 222 Å². The lowest BCUT2D eigenvalue weighted by Gasteiger charge is -2.26. The second kappa shape index (κ2) is 13.5. The zero-order valence-corrected chi connectivity index (χ0v) is 29.0. The van der Waals surface area contributed by atoms with Crippen molar-refractivity contribution < 1.29 is 0 Å². The van der Waals surface area contributed by atoms with E-state index in [-0.39, 0.29) is 0 Å². The summed E-state index contributed by atoms with van der Waals surface area (Å²) in [6, 6.07) is 73.8. The predicted octanol–water partition coefficient (Wildman–Crippen LogP) is 13.4. The molecule has 0 radical (unpaired) electrons. The monoisotopic (exact) mass is 667 g/mol. The van der Waals surface area contributed by atoms with Gasteiger partial charge in [0.25, 0.3) is 0 Å². The van der Waals surface area contributed by atoms with Gasteiger partial charge in [-0.3, -0.25) is 0 Å². The minimum Gasteiger partial charge on any atom is -0.345 e. The van der Waals surface area contributed by atoms with Crippen LogP contribution in [0.4, 0.5) is 28.4 Å². The Balaban J connectivity index is 1.03. The highest BCUT2D eigenvalue weighted by atomic mass is 15.1. The van der Waals surface area contributed by atoms with Gasteiger partial charge in [0, 0.05) is 51.9 Å². The molecule has 0 amide bonds. The number of benzene rings is 8. The Bertz CT molecular complexity index is 2590. The van der Waals surface area contributed by atoms with Crippen molar-refractivity contribution in [1.82, 2.24) is 4.57 Å². The molecule has 0 fully saturated rings. The van der Waals surface area contributed by atoms with Crippen LogP contribution in [0.1, 0.15) is 0 Å². The SMILES string of the molecule is CN(c1ccccc1)c1ccc(-c2ccc(-c3ccc(N(c4ccccc4)c4ccc5c6ccccc6n(-c6ccccc6)c5c4)cc3)cc2)cc1. The molecule has 9 rings (SSSR count). The topological polar surface area (TPSA) is 11.4 Å². The zero-order chi connectivity index (χ0) is 34.9. The number of fused-ring (bicyclic) bond motifs is 3. The fourth-order valence-corrected chi connectivity index (χ4v) is 7.31. The summed E-state index contributed by atoms with van der Waals surface area (Å²) in [6.07, 6.45) is 0.